The molecule has 2 heterocycles. The van der Waals surface area contributed by atoms with E-state index in [1.165, 1.54) is 48.2 Å². The summed E-state index contributed by atoms with van der Waals surface area (Å²) in [5.41, 5.74) is 6.08. The first-order chi connectivity index (χ1) is 13.2. The van der Waals surface area contributed by atoms with Crippen molar-refractivity contribution in [2.75, 3.05) is 27.2 Å². The standard InChI is InChI=1S/C23H28N4/c1-26-14-12-22(13-15-26)27(2)17-21-16-24-25-23(21)20-10-8-19(9-11-20)18-6-4-3-5-7-18/h3-11,16,22H,12-15,17H2,1-2H3,(H,24,25). The van der Waals surface area contributed by atoms with Gasteiger partial charge >= 0.3 is 0 Å². The molecule has 3 aromatic rings. The zero-order valence-corrected chi connectivity index (χ0v) is 16.2. The van der Waals surface area contributed by atoms with Crippen molar-refractivity contribution in [3.8, 4) is 22.4 Å². The smallest absolute Gasteiger partial charge is 0.0695 e. The molecule has 0 spiro atoms. The molecule has 140 valence electrons. The molecule has 0 bridgehead atoms. The van der Waals surface area contributed by atoms with Gasteiger partial charge < -0.3 is 4.90 Å². The predicted octanol–water partition coefficient (Wildman–Crippen LogP) is 4.27. The van der Waals surface area contributed by atoms with Crippen LogP contribution in [0, 0.1) is 0 Å². The Bertz CT molecular complexity index is 846. The zero-order chi connectivity index (χ0) is 18.6. The number of H-pyrrole nitrogens is 1. The van der Waals surface area contributed by atoms with Crippen LogP contribution in [0.1, 0.15) is 18.4 Å². The third kappa shape index (κ3) is 4.12. The number of rotatable bonds is 5. The average molecular weight is 361 g/mol. The molecule has 0 aliphatic carbocycles. The maximum absolute atomic E-state index is 4.33. The van der Waals surface area contributed by atoms with Crippen molar-refractivity contribution >= 4 is 0 Å². The fourth-order valence-electron chi connectivity index (χ4n) is 3.97. The molecular formula is C23H28N4. The van der Waals surface area contributed by atoms with Gasteiger partial charge in [0.15, 0.2) is 0 Å². The van der Waals surface area contributed by atoms with E-state index in [0.717, 1.165) is 12.2 Å². The summed E-state index contributed by atoms with van der Waals surface area (Å²) in [6, 6.07) is 19.9. The largest absolute Gasteiger partial charge is 0.306 e. The van der Waals surface area contributed by atoms with Crippen molar-refractivity contribution in [3.05, 3.63) is 66.4 Å². The Labute approximate surface area is 161 Å². The predicted molar refractivity (Wildman–Crippen MR) is 111 cm³/mol. The Morgan fingerprint density at radius 1 is 0.963 bits per heavy atom. The number of piperidine rings is 1. The number of nitrogens with one attached hydrogen (secondary N) is 1. The molecule has 0 atom stereocenters. The van der Waals surface area contributed by atoms with Gasteiger partial charge in [0.1, 0.15) is 0 Å². The number of hydrogen-bond acceptors (Lipinski definition) is 3. The lowest BCUT2D eigenvalue weighted by Crippen LogP contribution is -2.41. The Morgan fingerprint density at radius 2 is 1.59 bits per heavy atom. The number of likely N-dealkylation sites (tertiary alicyclic amines) is 1. The van der Waals surface area contributed by atoms with Gasteiger partial charge in [-0.2, -0.15) is 5.10 Å². The lowest BCUT2D eigenvalue weighted by Gasteiger charge is -2.35. The number of hydrogen-bond donors (Lipinski definition) is 1. The monoisotopic (exact) mass is 360 g/mol. The Balaban J connectivity index is 1.48. The molecule has 4 heteroatoms. The van der Waals surface area contributed by atoms with E-state index in [1.54, 1.807) is 0 Å². The maximum Gasteiger partial charge on any atom is 0.0695 e. The van der Waals surface area contributed by atoms with Gasteiger partial charge in [0, 0.05) is 18.2 Å². The van der Waals surface area contributed by atoms with Crippen LogP contribution in [-0.2, 0) is 6.54 Å². The molecule has 4 rings (SSSR count). The van der Waals surface area contributed by atoms with Gasteiger partial charge in [-0.15, -0.1) is 0 Å². The van der Waals surface area contributed by atoms with Gasteiger partial charge in [0.25, 0.3) is 0 Å². The van der Waals surface area contributed by atoms with Crippen LogP contribution >= 0.6 is 0 Å². The first-order valence-corrected chi connectivity index (χ1v) is 9.77. The molecule has 4 nitrogen and oxygen atoms in total. The minimum absolute atomic E-state index is 0.657. The number of aromatic amines is 1. The second-order valence-electron chi connectivity index (χ2n) is 7.66. The number of aromatic nitrogens is 2. The molecule has 0 unspecified atom stereocenters. The quantitative estimate of drug-likeness (QED) is 0.738. The second-order valence-corrected chi connectivity index (χ2v) is 7.66. The third-order valence-corrected chi connectivity index (χ3v) is 5.73. The van der Waals surface area contributed by atoms with Gasteiger partial charge in [0.05, 0.1) is 11.9 Å². The zero-order valence-electron chi connectivity index (χ0n) is 16.2. The summed E-state index contributed by atoms with van der Waals surface area (Å²) < 4.78 is 0. The fraction of sp³-hybridized carbons (Fsp3) is 0.348. The van der Waals surface area contributed by atoms with E-state index in [1.807, 2.05) is 6.20 Å². The normalized spacial score (nSPS) is 16.1. The van der Waals surface area contributed by atoms with E-state index in [4.69, 9.17) is 0 Å². The molecule has 1 N–H and O–H groups in total. The Morgan fingerprint density at radius 3 is 2.30 bits per heavy atom. The summed E-state index contributed by atoms with van der Waals surface area (Å²) in [6.45, 7) is 3.31. The van der Waals surface area contributed by atoms with Gasteiger partial charge in [-0.1, -0.05) is 54.6 Å². The molecule has 0 radical (unpaired) electrons. The van der Waals surface area contributed by atoms with Gasteiger partial charge in [-0.05, 0) is 56.7 Å². The van der Waals surface area contributed by atoms with Crippen LogP contribution in [0.2, 0.25) is 0 Å². The van der Waals surface area contributed by atoms with Crippen LogP contribution in [0.25, 0.3) is 22.4 Å². The van der Waals surface area contributed by atoms with Gasteiger partial charge in [-0.25, -0.2) is 0 Å². The molecule has 1 fully saturated rings. The molecule has 27 heavy (non-hydrogen) atoms. The van der Waals surface area contributed by atoms with Crippen molar-refractivity contribution in [1.29, 1.82) is 0 Å². The number of benzene rings is 2. The van der Waals surface area contributed by atoms with Crippen LogP contribution in [0.4, 0.5) is 0 Å². The molecule has 0 amide bonds. The highest BCUT2D eigenvalue weighted by atomic mass is 15.2. The average Bonchev–Trinajstić information content (AvgIpc) is 3.17. The fourth-order valence-corrected chi connectivity index (χ4v) is 3.97. The highest BCUT2D eigenvalue weighted by Gasteiger charge is 2.21. The molecule has 2 aromatic carbocycles. The van der Waals surface area contributed by atoms with Crippen molar-refractivity contribution in [2.45, 2.75) is 25.4 Å². The molecular weight excluding hydrogens is 332 g/mol. The van der Waals surface area contributed by atoms with Crippen molar-refractivity contribution in [1.82, 2.24) is 20.0 Å². The summed E-state index contributed by atoms with van der Waals surface area (Å²) in [4.78, 5) is 4.90. The highest BCUT2D eigenvalue weighted by molar-refractivity contribution is 5.69. The van der Waals surface area contributed by atoms with Crippen molar-refractivity contribution in [3.63, 3.8) is 0 Å². The first kappa shape index (κ1) is 18.0. The molecule has 1 saturated heterocycles. The van der Waals surface area contributed by atoms with Crippen LogP contribution < -0.4 is 0 Å². The summed E-state index contributed by atoms with van der Waals surface area (Å²) in [7, 11) is 4.45. The van der Waals surface area contributed by atoms with Crippen LogP contribution in [0.3, 0.4) is 0 Å². The molecule has 1 aliphatic heterocycles. The van der Waals surface area contributed by atoms with E-state index in [2.05, 4.69) is 88.7 Å². The van der Waals surface area contributed by atoms with Crippen molar-refractivity contribution in [2.24, 2.45) is 0 Å². The topological polar surface area (TPSA) is 35.2 Å². The molecule has 0 saturated carbocycles. The lowest BCUT2D eigenvalue weighted by atomic mass is 10.0. The van der Waals surface area contributed by atoms with Crippen LogP contribution in [0.15, 0.2) is 60.8 Å². The lowest BCUT2D eigenvalue weighted by molar-refractivity contribution is 0.139. The van der Waals surface area contributed by atoms with E-state index in [9.17, 15) is 0 Å². The van der Waals surface area contributed by atoms with Gasteiger partial charge in [-0.3, -0.25) is 10.00 Å². The minimum Gasteiger partial charge on any atom is -0.306 e. The van der Waals surface area contributed by atoms with Crippen LogP contribution in [-0.4, -0.2) is 53.2 Å². The summed E-state index contributed by atoms with van der Waals surface area (Å²) in [6.07, 6.45) is 4.46. The highest BCUT2D eigenvalue weighted by Crippen LogP contribution is 2.27. The summed E-state index contributed by atoms with van der Waals surface area (Å²) in [5.74, 6) is 0. The number of nitrogens with zero attached hydrogens (tertiary/aromatic N) is 3. The minimum atomic E-state index is 0.657. The van der Waals surface area contributed by atoms with Crippen LogP contribution in [0.5, 0.6) is 0 Å². The SMILES string of the molecule is CN1CCC(N(C)Cc2cn[nH]c2-c2ccc(-c3ccccc3)cc2)CC1. The Hall–Kier alpha value is -2.43. The third-order valence-electron chi connectivity index (χ3n) is 5.73. The maximum atomic E-state index is 4.33. The second kappa shape index (κ2) is 8.07. The summed E-state index contributed by atoms with van der Waals surface area (Å²) >= 11 is 0. The molecule has 1 aliphatic rings. The van der Waals surface area contributed by atoms with Gasteiger partial charge in [0.2, 0.25) is 0 Å². The first-order valence-electron chi connectivity index (χ1n) is 9.77. The van der Waals surface area contributed by atoms with E-state index >= 15 is 0 Å². The van der Waals surface area contributed by atoms with E-state index in [0.29, 0.717) is 6.04 Å². The Kier molecular flexibility index (Phi) is 5.37. The van der Waals surface area contributed by atoms with E-state index < -0.39 is 0 Å². The molecule has 1 aromatic heterocycles. The van der Waals surface area contributed by atoms with Crippen molar-refractivity contribution < 1.29 is 0 Å². The summed E-state index contributed by atoms with van der Waals surface area (Å²) in [5, 5.41) is 7.54. The van der Waals surface area contributed by atoms with E-state index in [-0.39, 0.29) is 0 Å².